The minimum Gasteiger partial charge on any atom is -0.314 e. The van der Waals surface area contributed by atoms with E-state index >= 15 is 0 Å². The zero-order valence-corrected chi connectivity index (χ0v) is 11.1. The molecule has 1 aliphatic carbocycles. The molecule has 0 unspecified atom stereocenters. The van der Waals surface area contributed by atoms with Gasteiger partial charge >= 0.3 is 0 Å². The Hall–Kier alpha value is -0.860. The molecule has 1 N–H and O–H groups in total. The van der Waals surface area contributed by atoms with E-state index in [0.29, 0.717) is 6.04 Å². The van der Waals surface area contributed by atoms with E-state index in [-0.39, 0.29) is 0 Å². The minimum atomic E-state index is 0.687. The van der Waals surface area contributed by atoms with E-state index in [1.165, 1.54) is 32.2 Å². The van der Waals surface area contributed by atoms with Crippen LogP contribution in [0, 0.1) is 0 Å². The Bertz CT molecular complexity index is 347. The van der Waals surface area contributed by atoms with Crippen LogP contribution in [0.5, 0.6) is 0 Å². The van der Waals surface area contributed by atoms with E-state index in [4.69, 9.17) is 0 Å². The van der Waals surface area contributed by atoms with Gasteiger partial charge in [0.25, 0.3) is 0 Å². The van der Waals surface area contributed by atoms with Gasteiger partial charge in [0.15, 0.2) is 0 Å². The van der Waals surface area contributed by atoms with Crippen molar-refractivity contribution in [3.63, 3.8) is 0 Å². The molecule has 1 aromatic rings. The molecule has 0 heterocycles. The molecule has 0 amide bonds. The largest absolute Gasteiger partial charge is 0.314 e. The molecule has 17 heavy (non-hydrogen) atoms. The van der Waals surface area contributed by atoms with Gasteiger partial charge in [-0.05, 0) is 64.0 Å². The number of benzene rings is 1. The van der Waals surface area contributed by atoms with Crippen molar-refractivity contribution >= 4 is 0 Å². The Morgan fingerprint density at radius 2 is 2.00 bits per heavy atom. The fraction of sp³-hybridized carbons (Fsp3) is 0.600. The first-order valence-corrected chi connectivity index (χ1v) is 6.70. The van der Waals surface area contributed by atoms with E-state index in [9.17, 15) is 0 Å². The summed E-state index contributed by atoms with van der Waals surface area (Å²) in [6.07, 6.45) is 4.98. The molecular formula is C15H24N2. The third-order valence-electron chi connectivity index (χ3n) is 3.56. The second-order valence-electron chi connectivity index (χ2n) is 5.32. The van der Waals surface area contributed by atoms with E-state index in [1.807, 2.05) is 0 Å². The van der Waals surface area contributed by atoms with Gasteiger partial charge in [0, 0.05) is 6.04 Å². The van der Waals surface area contributed by atoms with Crippen LogP contribution in [0.3, 0.4) is 0 Å². The molecular weight excluding hydrogens is 208 g/mol. The number of fused-ring (bicyclic) bond motifs is 1. The van der Waals surface area contributed by atoms with Crippen molar-refractivity contribution < 1.29 is 0 Å². The molecule has 0 fully saturated rings. The predicted octanol–water partition coefficient (Wildman–Crippen LogP) is 2.09. The molecule has 2 nitrogen and oxygen atoms in total. The molecule has 1 aliphatic rings. The first-order valence-electron chi connectivity index (χ1n) is 6.70. The van der Waals surface area contributed by atoms with E-state index in [2.05, 4.69) is 48.6 Å². The lowest BCUT2D eigenvalue weighted by molar-refractivity contribution is 0.378. The fourth-order valence-corrected chi connectivity index (χ4v) is 2.57. The average Bonchev–Trinajstić information content (AvgIpc) is 2.34. The van der Waals surface area contributed by atoms with Gasteiger partial charge in [-0.3, -0.25) is 0 Å². The Morgan fingerprint density at radius 3 is 2.76 bits per heavy atom. The second-order valence-corrected chi connectivity index (χ2v) is 5.32. The minimum absolute atomic E-state index is 0.687. The summed E-state index contributed by atoms with van der Waals surface area (Å²) >= 11 is 0. The van der Waals surface area contributed by atoms with Crippen LogP contribution in [0.4, 0.5) is 0 Å². The summed E-state index contributed by atoms with van der Waals surface area (Å²) in [6.45, 7) is 2.32. The Balaban J connectivity index is 1.75. The average molecular weight is 232 g/mol. The summed E-state index contributed by atoms with van der Waals surface area (Å²) in [4.78, 5) is 2.25. The van der Waals surface area contributed by atoms with Crippen molar-refractivity contribution in [1.82, 2.24) is 10.2 Å². The van der Waals surface area contributed by atoms with Gasteiger partial charge < -0.3 is 10.2 Å². The molecule has 0 saturated heterocycles. The van der Waals surface area contributed by atoms with Crippen LogP contribution in [-0.2, 0) is 12.8 Å². The lowest BCUT2D eigenvalue weighted by Gasteiger charge is -2.25. The van der Waals surface area contributed by atoms with Crippen molar-refractivity contribution in [2.45, 2.75) is 31.7 Å². The number of nitrogens with one attached hydrogen (secondary N) is 1. The molecule has 2 rings (SSSR count). The van der Waals surface area contributed by atoms with Crippen LogP contribution < -0.4 is 5.32 Å². The maximum absolute atomic E-state index is 3.69. The summed E-state index contributed by atoms with van der Waals surface area (Å²) < 4.78 is 0. The molecule has 0 aromatic heterocycles. The fourth-order valence-electron chi connectivity index (χ4n) is 2.57. The molecule has 1 atom stereocenters. The van der Waals surface area contributed by atoms with Gasteiger partial charge in [-0.2, -0.15) is 0 Å². The Morgan fingerprint density at radius 1 is 1.24 bits per heavy atom. The number of hydrogen-bond acceptors (Lipinski definition) is 2. The zero-order chi connectivity index (χ0) is 12.1. The highest BCUT2D eigenvalue weighted by molar-refractivity contribution is 5.30. The van der Waals surface area contributed by atoms with Gasteiger partial charge in [-0.25, -0.2) is 0 Å². The van der Waals surface area contributed by atoms with Crippen molar-refractivity contribution in [2.24, 2.45) is 0 Å². The first kappa shape index (κ1) is 12.6. The van der Waals surface area contributed by atoms with Crippen LogP contribution in [0.25, 0.3) is 0 Å². The van der Waals surface area contributed by atoms with Crippen LogP contribution in [0.15, 0.2) is 24.3 Å². The van der Waals surface area contributed by atoms with Crippen molar-refractivity contribution in [1.29, 1.82) is 0 Å². The quantitative estimate of drug-likeness (QED) is 0.782. The zero-order valence-electron chi connectivity index (χ0n) is 11.1. The van der Waals surface area contributed by atoms with E-state index in [0.717, 1.165) is 6.54 Å². The lowest BCUT2D eigenvalue weighted by atomic mass is 9.88. The highest BCUT2D eigenvalue weighted by atomic mass is 15.1. The number of rotatable bonds is 5. The Labute approximate surface area is 105 Å². The highest BCUT2D eigenvalue weighted by Crippen LogP contribution is 2.20. The first-order chi connectivity index (χ1) is 8.25. The molecule has 1 aromatic carbocycles. The molecule has 0 aliphatic heterocycles. The summed E-state index contributed by atoms with van der Waals surface area (Å²) in [5.41, 5.74) is 3.10. The second kappa shape index (κ2) is 6.18. The number of hydrogen-bond donors (Lipinski definition) is 1. The third kappa shape index (κ3) is 3.83. The summed E-state index contributed by atoms with van der Waals surface area (Å²) in [5, 5.41) is 3.69. The monoisotopic (exact) mass is 232 g/mol. The normalized spacial score (nSPS) is 19.4. The predicted molar refractivity (Wildman–Crippen MR) is 73.4 cm³/mol. The number of nitrogens with zero attached hydrogens (tertiary/aromatic N) is 1. The smallest absolute Gasteiger partial charge is 0.0111 e. The lowest BCUT2D eigenvalue weighted by Crippen LogP contribution is -2.36. The highest BCUT2D eigenvalue weighted by Gasteiger charge is 2.16. The van der Waals surface area contributed by atoms with Crippen LogP contribution in [0.2, 0.25) is 0 Å². The molecule has 2 heteroatoms. The molecule has 94 valence electrons. The summed E-state index contributed by atoms with van der Waals surface area (Å²) in [5.74, 6) is 0. The molecule has 0 radical (unpaired) electrons. The van der Waals surface area contributed by atoms with Crippen molar-refractivity contribution in [3.8, 4) is 0 Å². The summed E-state index contributed by atoms with van der Waals surface area (Å²) in [6, 6.07) is 9.56. The van der Waals surface area contributed by atoms with Crippen LogP contribution >= 0.6 is 0 Å². The number of aryl methyl sites for hydroxylation is 1. The molecule has 0 spiro atoms. The topological polar surface area (TPSA) is 15.3 Å². The van der Waals surface area contributed by atoms with Gasteiger partial charge in [-0.1, -0.05) is 24.3 Å². The molecule has 0 bridgehead atoms. The molecule has 0 saturated carbocycles. The maximum atomic E-state index is 3.69. The van der Waals surface area contributed by atoms with Gasteiger partial charge in [-0.15, -0.1) is 0 Å². The van der Waals surface area contributed by atoms with Gasteiger partial charge in [0.2, 0.25) is 0 Å². The van der Waals surface area contributed by atoms with E-state index in [1.54, 1.807) is 11.1 Å². The van der Waals surface area contributed by atoms with Gasteiger partial charge in [0.1, 0.15) is 0 Å². The maximum Gasteiger partial charge on any atom is 0.0111 e. The SMILES string of the molecule is CN(C)CCCN[C@H]1CCc2ccccc2C1. The summed E-state index contributed by atoms with van der Waals surface area (Å²) in [7, 11) is 4.27. The van der Waals surface area contributed by atoms with Gasteiger partial charge in [0.05, 0.1) is 0 Å². The van der Waals surface area contributed by atoms with E-state index < -0.39 is 0 Å². The third-order valence-corrected chi connectivity index (χ3v) is 3.56. The van der Waals surface area contributed by atoms with Crippen LogP contribution in [0.1, 0.15) is 24.0 Å². The van der Waals surface area contributed by atoms with Crippen molar-refractivity contribution in [2.75, 3.05) is 27.2 Å². The van der Waals surface area contributed by atoms with Crippen LogP contribution in [-0.4, -0.2) is 38.1 Å². The Kier molecular flexibility index (Phi) is 4.57. The van der Waals surface area contributed by atoms with Crippen molar-refractivity contribution in [3.05, 3.63) is 35.4 Å². The standard InChI is InChI=1S/C15H24N2/c1-17(2)11-5-10-16-15-9-8-13-6-3-4-7-14(13)12-15/h3-4,6-7,15-16H,5,8-12H2,1-2H3/t15-/m0/s1.